The molecule has 5 rings (SSSR count). The molecule has 2 aromatic rings. The third-order valence-corrected chi connectivity index (χ3v) is 7.03. The summed E-state index contributed by atoms with van der Waals surface area (Å²) in [6.07, 6.45) is 8.39. The van der Waals surface area contributed by atoms with Gasteiger partial charge in [-0.3, -0.25) is 9.59 Å². The van der Waals surface area contributed by atoms with Crippen LogP contribution in [-0.2, 0) is 20.8 Å². The van der Waals surface area contributed by atoms with Crippen molar-refractivity contribution in [2.75, 3.05) is 33.5 Å². The Morgan fingerprint density at radius 1 is 1.40 bits per heavy atom. The Balaban J connectivity index is 1.52. The molecule has 3 aliphatic rings. The smallest absolute Gasteiger partial charge is 0.378 e. The Morgan fingerprint density at radius 3 is 2.86 bits per heavy atom. The maximum Gasteiger partial charge on any atom is 0.378 e. The number of rotatable bonds is 8. The van der Waals surface area contributed by atoms with Crippen molar-refractivity contribution in [2.24, 2.45) is 5.41 Å². The molecule has 11 heteroatoms. The molecule has 0 aromatic carbocycles. The van der Waals surface area contributed by atoms with Crippen molar-refractivity contribution in [3.8, 4) is 5.88 Å². The molecule has 1 aliphatic heterocycles. The second-order valence-electron chi connectivity index (χ2n) is 10.1. The van der Waals surface area contributed by atoms with Crippen LogP contribution in [0.3, 0.4) is 0 Å². The first kappa shape index (κ1) is 23.6. The van der Waals surface area contributed by atoms with E-state index in [1.807, 2.05) is 0 Å². The summed E-state index contributed by atoms with van der Waals surface area (Å²) in [6, 6.07) is -0.125. The van der Waals surface area contributed by atoms with Crippen molar-refractivity contribution in [2.45, 2.75) is 51.2 Å². The highest BCUT2D eigenvalue weighted by Crippen LogP contribution is 2.45. The Bertz CT molecular complexity index is 1240. The molecule has 3 fully saturated rings. The van der Waals surface area contributed by atoms with Crippen LogP contribution >= 0.6 is 0 Å². The van der Waals surface area contributed by atoms with Gasteiger partial charge in [-0.2, -0.15) is 4.57 Å². The van der Waals surface area contributed by atoms with E-state index in [-0.39, 0.29) is 34.8 Å². The van der Waals surface area contributed by atoms with Gasteiger partial charge in [-0.15, -0.1) is 0 Å². The van der Waals surface area contributed by atoms with E-state index in [4.69, 9.17) is 9.47 Å². The van der Waals surface area contributed by atoms with E-state index in [9.17, 15) is 19.5 Å². The van der Waals surface area contributed by atoms with Crippen LogP contribution in [0.2, 0.25) is 0 Å². The number of carbonyl (C=O) groups excluding carboxylic acids is 2. The van der Waals surface area contributed by atoms with E-state index in [0.717, 1.165) is 25.7 Å². The molecule has 35 heavy (non-hydrogen) atoms. The third kappa shape index (κ3) is 4.70. The van der Waals surface area contributed by atoms with Gasteiger partial charge < -0.3 is 24.8 Å². The van der Waals surface area contributed by atoms with E-state index >= 15 is 0 Å². The topological polar surface area (TPSA) is 129 Å². The number of methoxy groups -OCH3 is 1. The lowest BCUT2D eigenvalue weighted by Crippen LogP contribution is -2.50. The average molecular weight is 487 g/mol. The van der Waals surface area contributed by atoms with E-state index < -0.39 is 11.5 Å². The van der Waals surface area contributed by atoms with Gasteiger partial charge >= 0.3 is 17.1 Å². The largest absolute Gasteiger partial charge is 0.477 e. The fourth-order valence-corrected chi connectivity index (χ4v) is 4.50. The van der Waals surface area contributed by atoms with E-state index in [1.54, 1.807) is 28.8 Å². The number of carbonyl (C=O) groups is 2. The fourth-order valence-electron chi connectivity index (χ4n) is 4.50. The maximum atomic E-state index is 13.2. The quantitative estimate of drug-likeness (QED) is 0.361. The summed E-state index contributed by atoms with van der Waals surface area (Å²) >= 11 is 0. The van der Waals surface area contributed by atoms with Crippen LogP contribution in [0.1, 0.15) is 48.5 Å². The predicted octanol–water partition coefficient (Wildman–Crippen LogP) is 0.200. The normalized spacial score (nSPS) is 21.5. The second-order valence-corrected chi connectivity index (χ2v) is 10.1. The highest BCUT2D eigenvalue weighted by Gasteiger charge is 2.43. The Morgan fingerprint density at radius 2 is 2.17 bits per heavy atom. The van der Waals surface area contributed by atoms with Crippen LogP contribution in [-0.4, -0.2) is 77.0 Å². The monoisotopic (exact) mass is 486 g/mol. The van der Waals surface area contributed by atoms with Crippen LogP contribution in [0.5, 0.6) is 5.88 Å². The first-order valence-corrected chi connectivity index (χ1v) is 12.1. The number of fused-ring (bicyclic) bond motifs is 1. The van der Waals surface area contributed by atoms with E-state index in [2.05, 4.69) is 17.3 Å². The number of nitrogens with zero attached hydrogens (tertiary/aromatic N) is 3. The number of aromatic hydroxyl groups is 1. The van der Waals surface area contributed by atoms with Gasteiger partial charge in [0.15, 0.2) is 0 Å². The summed E-state index contributed by atoms with van der Waals surface area (Å²) in [5.41, 5.74) is 0.0262. The SMILES string of the molecule is COC[C@H]1COCCN1C(=O)/C=C/c1c[nH]n2c(=O)c(C(=O)NC3CC3)c(O)[n+](CC3(C)CC3)c12. The Hall–Kier alpha value is -3.18. The highest BCUT2D eigenvalue weighted by atomic mass is 16.5. The molecule has 188 valence electrons. The van der Waals surface area contributed by atoms with Crippen molar-refractivity contribution >= 4 is 23.5 Å². The predicted molar refractivity (Wildman–Crippen MR) is 125 cm³/mol. The number of nitrogens with one attached hydrogen (secondary N) is 2. The molecule has 1 atom stereocenters. The fraction of sp³-hybridized carbons (Fsp3) is 0.583. The van der Waals surface area contributed by atoms with Crippen molar-refractivity contribution in [3.63, 3.8) is 0 Å². The van der Waals surface area contributed by atoms with E-state index in [1.165, 1.54) is 10.6 Å². The number of morpholine rings is 1. The van der Waals surface area contributed by atoms with Crippen LogP contribution < -0.4 is 15.4 Å². The van der Waals surface area contributed by atoms with Crippen molar-refractivity contribution in [1.29, 1.82) is 0 Å². The number of aromatic nitrogens is 3. The van der Waals surface area contributed by atoms with Gasteiger partial charge in [0.2, 0.25) is 11.5 Å². The van der Waals surface area contributed by atoms with Gasteiger partial charge in [-0.1, -0.05) is 11.4 Å². The summed E-state index contributed by atoms with van der Waals surface area (Å²) in [7, 11) is 1.58. The minimum Gasteiger partial charge on any atom is -0.477 e. The molecular weight excluding hydrogens is 454 g/mol. The first-order chi connectivity index (χ1) is 16.8. The first-order valence-electron chi connectivity index (χ1n) is 12.1. The van der Waals surface area contributed by atoms with Crippen LogP contribution in [0.25, 0.3) is 11.7 Å². The molecule has 0 bridgehead atoms. The van der Waals surface area contributed by atoms with E-state index in [0.29, 0.717) is 44.1 Å². The van der Waals surface area contributed by atoms with Crippen LogP contribution in [0.4, 0.5) is 0 Å². The minimum absolute atomic E-state index is 0.0282. The molecule has 1 saturated heterocycles. The second kappa shape index (κ2) is 9.12. The zero-order valence-corrected chi connectivity index (χ0v) is 20.1. The van der Waals surface area contributed by atoms with Crippen molar-refractivity contribution < 1.29 is 28.7 Å². The maximum absolute atomic E-state index is 13.2. The highest BCUT2D eigenvalue weighted by molar-refractivity contribution is 5.96. The summed E-state index contributed by atoms with van der Waals surface area (Å²) in [4.78, 5) is 40.7. The van der Waals surface area contributed by atoms with Crippen LogP contribution in [0, 0.1) is 5.41 Å². The van der Waals surface area contributed by atoms with Gasteiger partial charge in [0.1, 0.15) is 0 Å². The minimum atomic E-state index is -0.632. The number of amides is 2. The number of H-pyrrole nitrogens is 1. The lowest BCUT2D eigenvalue weighted by atomic mass is 10.1. The number of ether oxygens (including phenoxy) is 2. The molecule has 0 spiro atoms. The molecule has 0 radical (unpaired) electrons. The molecule has 2 saturated carbocycles. The van der Waals surface area contributed by atoms with Gasteiger partial charge in [-0.25, -0.2) is 9.89 Å². The molecule has 2 aliphatic carbocycles. The lowest BCUT2D eigenvalue weighted by Gasteiger charge is -2.34. The summed E-state index contributed by atoms with van der Waals surface area (Å²) in [5.74, 6) is -1.12. The summed E-state index contributed by atoms with van der Waals surface area (Å²) in [5, 5.41) is 16.8. The Kier molecular flexibility index (Phi) is 6.14. The van der Waals surface area contributed by atoms with Crippen molar-refractivity contribution in [1.82, 2.24) is 19.8 Å². The van der Waals surface area contributed by atoms with Gasteiger partial charge in [-0.05, 0) is 31.8 Å². The molecule has 2 aromatic heterocycles. The molecule has 3 N–H and O–H groups in total. The zero-order valence-electron chi connectivity index (χ0n) is 20.1. The molecular formula is C24H32N5O6+. The molecule has 3 heterocycles. The lowest BCUT2D eigenvalue weighted by molar-refractivity contribution is -0.689. The average Bonchev–Trinajstić information content (AvgIpc) is 3.75. The number of hydrogen-bond acceptors (Lipinski definition) is 6. The molecule has 0 unspecified atom stereocenters. The standard InChI is InChI=1S/C24H31N5O6/c1-24(7-8-24)14-28-21-15(3-6-18(30)27-9-10-35-13-17(27)12-34-2)11-25-29(21)23(33)19(22(28)32)20(31)26-16-4-5-16/h3,6,11,16-17H,4-5,7-10,12-14H2,1-2H3,(H2,26,31,32,33)/p+1/b6-3+/t17-/m0/s1. The Labute approximate surface area is 202 Å². The molecule has 2 amide bonds. The van der Waals surface area contributed by atoms with Gasteiger partial charge in [0.25, 0.3) is 5.91 Å². The molecule has 11 nitrogen and oxygen atoms in total. The zero-order chi connectivity index (χ0) is 24.7. The van der Waals surface area contributed by atoms with Gasteiger partial charge in [0, 0.05) is 31.2 Å². The van der Waals surface area contributed by atoms with Crippen molar-refractivity contribution in [3.05, 3.63) is 33.8 Å². The number of aromatic amines is 1. The third-order valence-electron chi connectivity index (χ3n) is 7.03. The number of hydrogen-bond donors (Lipinski definition) is 3. The van der Waals surface area contributed by atoms with Gasteiger partial charge in [0.05, 0.1) is 44.2 Å². The summed E-state index contributed by atoms with van der Waals surface area (Å²) < 4.78 is 13.6. The summed E-state index contributed by atoms with van der Waals surface area (Å²) in [6.45, 7) is 4.25. The van der Waals surface area contributed by atoms with Crippen LogP contribution in [0.15, 0.2) is 17.1 Å².